The van der Waals surface area contributed by atoms with Crippen LogP contribution in [0.3, 0.4) is 0 Å². The average Bonchev–Trinajstić information content (AvgIpc) is 2.86. The number of benzene rings is 1. The largest absolute Gasteiger partial charge is 0.311 e. The Bertz CT molecular complexity index is 470. The quantitative estimate of drug-likeness (QED) is 0.861. The lowest BCUT2D eigenvalue weighted by atomic mass is 10.0. The molecule has 1 aromatic rings. The maximum atomic E-state index is 12.3. The second kappa shape index (κ2) is 4.73. The van der Waals surface area contributed by atoms with Gasteiger partial charge in [-0.2, -0.15) is 0 Å². The standard InChI is InChI=1S/C15H20N2O/c1-16-14-6-3-9-17(15(14)18)13-8-7-11-4-2-5-12(11)10-13/h7-8,10,14,16H,2-6,9H2,1H3. The second-order valence-corrected chi connectivity index (χ2v) is 5.28. The van der Waals surface area contributed by atoms with Crippen LogP contribution in [0.1, 0.15) is 30.4 Å². The molecule has 1 aliphatic heterocycles. The number of piperidine rings is 1. The van der Waals surface area contributed by atoms with Gasteiger partial charge in [-0.05, 0) is 62.4 Å². The normalized spacial score (nSPS) is 23.3. The number of carbonyl (C=O) groups is 1. The van der Waals surface area contributed by atoms with Crippen molar-refractivity contribution in [3.05, 3.63) is 29.3 Å². The number of anilines is 1. The van der Waals surface area contributed by atoms with Crippen molar-refractivity contribution in [1.82, 2.24) is 5.32 Å². The predicted molar refractivity (Wildman–Crippen MR) is 72.9 cm³/mol. The number of nitrogens with one attached hydrogen (secondary N) is 1. The van der Waals surface area contributed by atoms with E-state index in [1.807, 2.05) is 11.9 Å². The molecule has 1 aromatic carbocycles. The molecular weight excluding hydrogens is 224 g/mol. The van der Waals surface area contributed by atoms with E-state index in [0.29, 0.717) is 0 Å². The van der Waals surface area contributed by atoms with Crippen molar-refractivity contribution in [2.75, 3.05) is 18.5 Å². The molecular formula is C15H20N2O. The van der Waals surface area contributed by atoms with Crippen LogP contribution in [0.15, 0.2) is 18.2 Å². The Kier molecular flexibility index (Phi) is 3.08. The highest BCUT2D eigenvalue weighted by Crippen LogP contribution is 2.28. The number of likely N-dealkylation sites (N-methyl/N-ethyl adjacent to an activating group) is 1. The molecule has 0 aromatic heterocycles. The van der Waals surface area contributed by atoms with Gasteiger partial charge in [0.25, 0.3) is 0 Å². The lowest BCUT2D eigenvalue weighted by Gasteiger charge is -2.32. The maximum absolute atomic E-state index is 12.3. The summed E-state index contributed by atoms with van der Waals surface area (Å²) in [7, 11) is 1.87. The number of amides is 1. The zero-order valence-corrected chi connectivity index (χ0v) is 10.9. The van der Waals surface area contributed by atoms with Gasteiger partial charge in [0.05, 0.1) is 6.04 Å². The van der Waals surface area contributed by atoms with E-state index < -0.39 is 0 Å². The van der Waals surface area contributed by atoms with Crippen LogP contribution in [0.4, 0.5) is 5.69 Å². The molecule has 18 heavy (non-hydrogen) atoms. The molecule has 0 bridgehead atoms. The van der Waals surface area contributed by atoms with Gasteiger partial charge < -0.3 is 10.2 Å². The summed E-state index contributed by atoms with van der Waals surface area (Å²) < 4.78 is 0. The van der Waals surface area contributed by atoms with Crippen LogP contribution in [0.2, 0.25) is 0 Å². The zero-order valence-electron chi connectivity index (χ0n) is 10.9. The van der Waals surface area contributed by atoms with Gasteiger partial charge in [0.1, 0.15) is 0 Å². The second-order valence-electron chi connectivity index (χ2n) is 5.28. The number of hydrogen-bond acceptors (Lipinski definition) is 2. The van der Waals surface area contributed by atoms with Gasteiger partial charge in [0.2, 0.25) is 5.91 Å². The van der Waals surface area contributed by atoms with Gasteiger partial charge in [0.15, 0.2) is 0 Å². The minimum atomic E-state index is -0.00740. The summed E-state index contributed by atoms with van der Waals surface area (Å²) in [4.78, 5) is 14.3. The fourth-order valence-electron chi connectivity index (χ4n) is 3.13. The number of rotatable bonds is 2. The minimum Gasteiger partial charge on any atom is -0.311 e. The number of aryl methyl sites for hydroxylation is 2. The molecule has 3 heteroatoms. The van der Waals surface area contributed by atoms with Crippen molar-refractivity contribution in [1.29, 1.82) is 0 Å². The van der Waals surface area contributed by atoms with Gasteiger partial charge in [0, 0.05) is 12.2 Å². The molecule has 1 saturated heterocycles. The number of hydrogen-bond donors (Lipinski definition) is 1. The van der Waals surface area contributed by atoms with E-state index in [4.69, 9.17) is 0 Å². The number of carbonyl (C=O) groups excluding carboxylic acids is 1. The van der Waals surface area contributed by atoms with Crippen LogP contribution in [-0.4, -0.2) is 25.5 Å². The Labute approximate surface area is 108 Å². The third-order valence-electron chi connectivity index (χ3n) is 4.18. The summed E-state index contributed by atoms with van der Waals surface area (Å²) >= 11 is 0. The van der Waals surface area contributed by atoms with E-state index >= 15 is 0 Å². The third-order valence-corrected chi connectivity index (χ3v) is 4.18. The highest BCUT2D eigenvalue weighted by Gasteiger charge is 2.28. The fourth-order valence-corrected chi connectivity index (χ4v) is 3.13. The van der Waals surface area contributed by atoms with Gasteiger partial charge in [-0.3, -0.25) is 4.79 Å². The molecule has 3 rings (SSSR count). The SMILES string of the molecule is CNC1CCCN(c2ccc3c(c2)CCC3)C1=O. The topological polar surface area (TPSA) is 32.3 Å². The lowest BCUT2D eigenvalue weighted by Crippen LogP contribution is -2.49. The Hall–Kier alpha value is -1.35. The van der Waals surface area contributed by atoms with Crippen molar-refractivity contribution in [2.24, 2.45) is 0 Å². The van der Waals surface area contributed by atoms with E-state index in [9.17, 15) is 4.79 Å². The smallest absolute Gasteiger partial charge is 0.244 e. The number of nitrogens with zero attached hydrogens (tertiary/aromatic N) is 1. The molecule has 3 nitrogen and oxygen atoms in total. The molecule has 1 fully saturated rings. The first-order valence-electron chi connectivity index (χ1n) is 6.90. The molecule has 1 aliphatic carbocycles. The third kappa shape index (κ3) is 1.93. The summed E-state index contributed by atoms with van der Waals surface area (Å²) in [5, 5.41) is 3.11. The lowest BCUT2D eigenvalue weighted by molar-refractivity contribution is -0.121. The Balaban J connectivity index is 1.87. The molecule has 0 saturated carbocycles. The molecule has 96 valence electrons. The molecule has 1 N–H and O–H groups in total. The van der Waals surface area contributed by atoms with Crippen LogP contribution in [0.5, 0.6) is 0 Å². The maximum Gasteiger partial charge on any atom is 0.244 e. The van der Waals surface area contributed by atoms with Crippen molar-refractivity contribution in [3.8, 4) is 0 Å². The van der Waals surface area contributed by atoms with Gasteiger partial charge in [-0.25, -0.2) is 0 Å². The van der Waals surface area contributed by atoms with E-state index in [-0.39, 0.29) is 11.9 Å². The highest BCUT2D eigenvalue weighted by atomic mass is 16.2. The van der Waals surface area contributed by atoms with Crippen molar-refractivity contribution in [3.63, 3.8) is 0 Å². The number of fused-ring (bicyclic) bond motifs is 1. The van der Waals surface area contributed by atoms with Gasteiger partial charge in [-0.1, -0.05) is 6.07 Å². The average molecular weight is 244 g/mol. The van der Waals surface area contributed by atoms with Crippen molar-refractivity contribution < 1.29 is 4.79 Å². The summed E-state index contributed by atoms with van der Waals surface area (Å²) in [6.07, 6.45) is 5.65. The van der Waals surface area contributed by atoms with E-state index in [1.54, 1.807) is 0 Å². The summed E-state index contributed by atoms with van der Waals surface area (Å²) in [6.45, 7) is 0.857. The molecule has 0 spiro atoms. The van der Waals surface area contributed by atoms with Crippen LogP contribution in [-0.2, 0) is 17.6 Å². The monoisotopic (exact) mass is 244 g/mol. The van der Waals surface area contributed by atoms with E-state index in [2.05, 4.69) is 23.5 Å². The van der Waals surface area contributed by atoms with Crippen molar-refractivity contribution >= 4 is 11.6 Å². The van der Waals surface area contributed by atoms with E-state index in [0.717, 1.165) is 25.1 Å². The minimum absolute atomic E-state index is 0.00740. The van der Waals surface area contributed by atoms with Crippen LogP contribution >= 0.6 is 0 Å². The Morgan fingerprint density at radius 2 is 2.06 bits per heavy atom. The van der Waals surface area contributed by atoms with Gasteiger partial charge >= 0.3 is 0 Å². The molecule has 1 atom stereocenters. The van der Waals surface area contributed by atoms with Crippen LogP contribution in [0.25, 0.3) is 0 Å². The zero-order chi connectivity index (χ0) is 12.5. The molecule has 1 unspecified atom stereocenters. The first kappa shape index (κ1) is 11.7. The van der Waals surface area contributed by atoms with E-state index in [1.165, 1.54) is 30.4 Å². The summed E-state index contributed by atoms with van der Waals surface area (Å²) in [5.41, 5.74) is 3.99. The Morgan fingerprint density at radius 1 is 1.22 bits per heavy atom. The first-order valence-corrected chi connectivity index (χ1v) is 6.90. The van der Waals surface area contributed by atoms with Crippen molar-refractivity contribution in [2.45, 2.75) is 38.1 Å². The van der Waals surface area contributed by atoms with Gasteiger partial charge in [-0.15, -0.1) is 0 Å². The summed E-state index contributed by atoms with van der Waals surface area (Å²) in [5.74, 6) is 0.224. The molecule has 2 aliphatic rings. The predicted octanol–water partition coefficient (Wildman–Crippen LogP) is 1.89. The van der Waals surface area contributed by atoms with Crippen LogP contribution in [0, 0.1) is 0 Å². The highest BCUT2D eigenvalue weighted by molar-refractivity contribution is 5.98. The molecule has 1 heterocycles. The molecule has 1 amide bonds. The summed E-state index contributed by atoms with van der Waals surface area (Å²) in [6, 6.07) is 6.53. The fraction of sp³-hybridized carbons (Fsp3) is 0.533. The Morgan fingerprint density at radius 3 is 2.89 bits per heavy atom. The first-order chi connectivity index (χ1) is 8.79. The molecule has 0 radical (unpaired) electrons. The van der Waals surface area contributed by atoms with Crippen LogP contribution < -0.4 is 10.2 Å².